The van der Waals surface area contributed by atoms with Gasteiger partial charge in [0.1, 0.15) is 0 Å². The molecule has 1 N–H and O–H groups in total. The summed E-state index contributed by atoms with van der Waals surface area (Å²) in [5.74, 6) is 0.674. The summed E-state index contributed by atoms with van der Waals surface area (Å²) in [6.07, 6.45) is 5.49. The van der Waals surface area contributed by atoms with Crippen molar-refractivity contribution in [2.24, 2.45) is 0 Å². The Morgan fingerprint density at radius 2 is 2.24 bits per heavy atom. The molecule has 0 aliphatic carbocycles. The Bertz CT molecular complexity index is 698. The molecule has 0 spiro atoms. The molecule has 1 atom stereocenters. The predicted molar refractivity (Wildman–Crippen MR) is 73.5 cm³/mol. The van der Waals surface area contributed by atoms with Crippen molar-refractivity contribution in [3.05, 3.63) is 54.3 Å². The van der Waals surface area contributed by atoms with Gasteiger partial charge in [-0.15, -0.1) is 0 Å². The molecule has 0 fully saturated rings. The quantitative estimate of drug-likeness (QED) is 0.780. The van der Waals surface area contributed by atoms with E-state index in [2.05, 4.69) is 10.5 Å². The fraction of sp³-hybridized carbons (Fsp3) is 0.200. The van der Waals surface area contributed by atoms with Crippen LogP contribution in [0, 0.1) is 0 Å². The minimum atomic E-state index is -0.285. The van der Waals surface area contributed by atoms with Gasteiger partial charge in [-0.1, -0.05) is 5.16 Å². The lowest BCUT2D eigenvalue weighted by molar-refractivity contribution is 0.0931. The molecular formula is C15H14N2O4. The number of carbonyl (C=O) groups is 1. The second kappa shape index (κ2) is 5.70. The Morgan fingerprint density at radius 3 is 2.95 bits per heavy atom. The highest BCUT2D eigenvalue weighted by Crippen LogP contribution is 2.20. The molecule has 6 heteroatoms. The molecule has 108 valence electrons. The molecule has 1 amide bonds. The van der Waals surface area contributed by atoms with E-state index in [0.29, 0.717) is 17.9 Å². The molecule has 21 heavy (non-hydrogen) atoms. The molecule has 0 radical (unpaired) electrons. The highest BCUT2D eigenvalue weighted by Gasteiger charge is 2.17. The first-order chi connectivity index (χ1) is 10.2. The van der Waals surface area contributed by atoms with Crippen LogP contribution in [0.5, 0.6) is 0 Å². The first-order valence-electron chi connectivity index (χ1n) is 6.55. The number of carbonyl (C=O) groups excluding carboxylic acids is 1. The van der Waals surface area contributed by atoms with E-state index in [1.165, 1.54) is 6.26 Å². The number of hydrogen-bond donors (Lipinski definition) is 1. The van der Waals surface area contributed by atoms with Gasteiger partial charge in [-0.2, -0.15) is 0 Å². The monoisotopic (exact) mass is 286 g/mol. The normalized spacial score (nSPS) is 12.2. The van der Waals surface area contributed by atoms with Gasteiger partial charge in [-0.25, -0.2) is 0 Å². The maximum atomic E-state index is 12.1. The van der Waals surface area contributed by atoms with Gasteiger partial charge < -0.3 is 18.7 Å². The van der Waals surface area contributed by atoms with Crippen molar-refractivity contribution in [1.82, 2.24) is 10.5 Å². The number of furan rings is 2. The van der Waals surface area contributed by atoms with Gasteiger partial charge in [0.05, 0.1) is 18.8 Å². The molecule has 1 unspecified atom stereocenters. The third kappa shape index (κ3) is 3.05. The summed E-state index contributed by atoms with van der Waals surface area (Å²) < 4.78 is 15.3. The van der Waals surface area contributed by atoms with Crippen molar-refractivity contribution in [1.29, 1.82) is 0 Å². The topological polar surface area (TPSA) is 81.4 Å². The van der Waals surface area contributed by atoms with Crippen molar-refractivity contribution in [3.8, 4) is 11.5 Å². The fourth-order valence-electron chi connectivity index (χ4n) is 2.03. The highest BCUT2D eigenvalue weighted by atomic mass is 16.5. The molecule has 3 aromatic rings. The summed E-state index contributed by atoms with van der Waals surface area (Å²) in [4.78, 5) is 12.1. The van der Waals surface area contributed by atoms with Gasteiger partial charge in [0.15, 0.2) is 11.5 Å². The van der Waals surface area contributed by atoms with Crippen molar-refractivity contribution in [3.63, 3.8) is 0 Å². The number of aromatic nitrogens is 1. The van der Waals surface area contributed by atoms with Crippen LogP contribution in [0.3, 0.4) is 0 Å². The number of amides is 1. The standard InChI is InChI=1S/C15H14N2O4/c1-10(7-11-4-6-19-9-11)16-15(18)12-8-14(21-17-12)13-3-2-5-20-13/h2-6,8-10H,7H2,1H3,(H,16,18). The zero-order valence-electron chi connectivity index (χ0n) is 11.4. The molecule has 0 aromatic carbocycles. The van der Waals surface area contributed by atoms with E-state index >= 15 is 0 Å². The Labute approximate surface area is 120 Å². The van der Waals surface area contributed by atoms with Crippen LogP contribution in [0.25, 0.3) is 11.5 Å². The van der Waals surface area contributed by atoms with Crippen LogP contribution in [0.15, 0.2) is 56.4 Å². The van der Waals surface area contributed by atoms with Gasteiger partial charge in [0, 0.05) is 12.1 Å². The maximum absolute atomic E-state index is 12.1. The van der Waals surface area contributed by atoms with Crippen molar-refractivity contribution < 1.29 is 18.2 Å². The van der Waals surface area contributed by atoms with Crippen LogP contribution in [0.2, 0.25) is 0 Å². The number of hydrogen-bond acceptors (Lipinski definition) is 5. The van der Waals surface area contributed by atoms with Gasteiger partial charge >= 0.3 is 0 Å². The van der Waals surface area contributed by atoms with E-state index in [4.69, 9.17) is 13.4 Å². The van der Waals surface area contributed by atoms with E-state index in [0.717, 1.165) is 5.56 Å². The fourth-order valence-corrected chi connectivity index (χ4v) is 2.03. The number of nitrogens with one attached hydrogen (secondary N) is 1. The lowest BCUT2D eigenvalue weighted by atomic mass is 10.1. The van der Waals surface area contributed by atoms with Crippen molar-refractivity contribution in [2.75, 3.05) is 0 Å². The van der Waals surface area contributed by atoms with Crippen LogP contribution in [-0.2, 0) is 6.42 Å². The third-order valence-electron chi connectivity index (χ3n) is 3.01. The maximum Gasteiger partial charge on any atom is 0.273 e. The van der Waals surface area contributed by atoms with Gasteiger partial charge in [-0.05, 0) is 37.1 Å². The van der Waals surface area contributed by atoms with Gasteiger partial charge in [0.2, 0.25) is 5.76 Å². The third-order valence-corrected chi connectivity index (χ3v) is 3.01. The minimum absolute atomic E-state index is 0.0427. The molecule has 0 saturated heterocycles. The molecule has 0 bridgehead atoms. The zero-order valence-corrected chi connectivity index (χ0v) is 11.4. The summed E-state index contributed by atoms with van der Waals surface area (Å²) in [7, 11) is 0. The predicted octanol–water partition coefficient (Wildman–Crippen LogP) is 2.89. The van der Waals surface area contributed by atoms with E-state index in [-0.39, 0.29) is 17.6 Å². The molecule has 3 aromatic heterocycles. The van der Waals surface area contributed by atoms with Crippen LogP contribution < -0.4 is 5.32 Å². The molecule has 3 heterocycles. The van der Waals surface area contributed by atoms with E-state index in [1.807, 2.05) is 13.0 Å². The van der Waals surface area contributed by atoms with Crippen molar-refractivity contribution >= 4 is 5.91 Å². The Balaban J connectivity index is 1.63. The average molecular weight is 286 g/mol. The molecule has 0 aliphatic heterocycles. The SMILES string of the molecule is CC(Cc1ccoc1)NC(=O)c1cc(-c2ccco2)on1. The Hall–Kier alpha value is -2.76. The lowest BCUT2D eigenvalue weighted by Gasteiger charge is -2.11. The van der Waals surface area contributed by atoms with Gasteiger partial charge in [0.25, 0.3) is 5.91 Å². The molecule has 0 aliphatic rings. The summed E-state index contributed by atoms with van der Waals surface area (Å²) in [6, 6.07) is 6.86. The zero-order chi connectivity index (χ0) is 14.7. The number of nitrogens with zero attached hydrogens (tertiary/aromatic N) is 1. The number of rotatable bonds is 5. The summed E-state index contributed by atoms with van der Waals surface area (Å²) in [5, 5.41) is 6.62. The molecule has 6 nitrogen and oxygen atoms in total. The van der Waals surface area contributed by atoms with Crippen LogP contribution in [0.4, 0.5) is 0 Å². The lowest BCUT2D eigenvalue weighted by Crippen LogP contribution is -2.34. The van der Waals surface area contributed by atoms with Crippen molar-refractivity contribution in [2.45, 2.75) is 19.4 Å². The van der Waals surface area contributed by atoms with E-state index in [9.17, 15) is 4.79 Å². The first-order valence-corrected chi connectivity index (χ1v) is 6.55. The summed E-state index contributed by atoms with van der Waals surface area (Å²) in [6.45, 7) is 1.92. The van der Waals surface area contributed by atoms with Crippen LogP contribution >= 0.6 is 0 Å². The molecule has 3 rings (SSSR count). The second-order valence-electron chi connectivity index (χ2n) is 4.76. The highest BCUT2D eigenvalue weighted by molar-refractivity contribution is 5.93. The molecular weight excluding hydrogens is 272 g/mol. The van der Waals surface area contributed by atoms with Crippen LogP contribution in [0.1, 0.15) is 23.0 Å². The second-order valence-corrected chi connectivity index (χ2v) is 4.76. The summed E-state index contributed by atoms with van der Waals surface area (Å²) in [5.41, 5.74) is 1.25. The Morgan fingerprint density at radius 1 is 1.33 bits per heavy atom. The average Bonchev–Trinajstić information content (AvgIpc) is 3.20. The summed E-state index contributed by atoms with van der Waals surface area (Å²) >= 11 is 0. The first kappa shape index (κ1) is 13.2. The molecule has 0 saturated carbocycles. The smallest absolute Gasteiger partial charge is 0.273 e. The van der Waals surface area contributed by atoms with Gasteiger partial charge in [-0.3, -0.25) is 4.79 Å². The van der Waals surface area contributed by atoms with Crippen LogP contribution in [-0.4, -0.2) is 17.1 Å². The van der Waals surface area contributed by atoms with E-state index < -0.39 is 0 Å². The minimum Gasteiger partial charge on any atom is -0.472 e. The van der Waals surface area contributed by atoms with E-state index in [1.54, 1.807) is 30.7 Å². The largest absolute Gasteiger partial charge is 0.472 e. The Kier molecular flexibility index (Phi) is 3.59.